The number of carbonyl (C=O) groups is 3. The summed E-state index contributed by atoms with van der Waals surface area (Å²) in [4.78, 5) is 39.8. The van der Waals surface area contributed by atoms with Crippen molar-refractivity contribution in [2.75, 3.05) is 22.9 Å². The molecule has 0 radical (unpaired) electrons. The molecule has 1 N–H and O–H groups in total. The summed E-state index contributed by atoms with van der Waals surface area (Å²) in [7, 11) is 0. The average Bonchev–Trinajstić information content (AvgIpc) is 3.16. The number of nitrogens with one attached hydrogen (secondary N) is 1. The molecule has 0 aliphatic carbocycles. The number of imide groups is 2. The van der Waals surface area contributed by atoms with E-state index in [9.17, 15) is 18.8 Å². The van der Waals surface area contributed by atoms with Crippen molar-refractivity contribution in [1.82, 2.24) is 5.32 Å². The van der Waals surface area contributed by atoms with Crippen LogP contribution in [-0.2, 0) is 9.59 Å². The number of amides is 4. The van der Waals surface area contributed by atoms with Crippen molar-refractivity contribution >= 4 is 35.5 Å². The van der Waals surface area contributed by atoms with Crippen molar-refractivity contribution in [2.24, 2.45) is 0 Å². The van der Waals surface area contributed by atoms with Gasteiger partial charge in [-0.2, -0.15) is 0 Å². The van der Waals surface area contributed by atoms with Gasteiger partial charge in [0.25, 0.3) is 11.8 Å². The minimum absolute atomic E-state index is 0.225. The summed E-state index contributed by atoms with van der Waals surface area (Å²) in [5, 5.41) is 2.07. The van der Waals surface area contributed by atoms with Gasteiger partial charge in [0.15, 0.2) is 5.88 Å². The van der Waals surface area contributed by atoms with Crippen LogP contribution in [0.1, 0.15) is 25.0 Å². The third-order valence-electron chi connectivity index (χ3n) is 4.76. The highest BCUT2D eigenvalue weighted by Gasteiger charge is 2.38. The summed E-state index contributed by atoms with van der Waals surface area (Å²) in [6.07, 6.45) is 4.61. The largest absolute Gasteiger partial charge is 0.441 e. The van der Waals surface area contributed by atoms with E-state index in [0.717, 1.165) is 32.0 Å². The molecule has 0 bridgehead atoms. The maximum atomic E-state index is 14.1. The molecule has 8 heteroatoms. The van der Waals surface area contributed by atoms with E-state index in [1.165, 1.54) is 30.7 Å². The first kappa shape index (κ1) is 18.0. The third-order valence-corrected chi connectivity index (χ3v) is 4.76. The Bertz CT molecular complexity index is 975. The number of barbiturate groups is 1. The number of furan rings is 1. The van der Waals surface area contributed by atoms with E-state index < -0.39 is 23.7 Å². The minimum atomic E-state index is -0.995. The number of nitrogens with zero attached hydrogens (tertiary/aromatic N) is 2. The Kier molecular flexibility index (Phi) is 4.68. The number of anilines is 2. The van der Waals surface area contributed by atoms with Gasteiger partial charge < -0.3 is 9.32 Å². The van der Waals surface area contributed by atoms with Crippen LogP contribution >= 0.6 is 0 Å². The van der Waals surface area contributed by atoms with Gasteiger partial charge in [-0.05, 0) is 43.5 Å². The summed E-state index contributed by atoms with van der Waals surface area (Å²) in [6.45, 7) is 1.77. The van der Waals surface area contributed by atoms with E-state index >= 15 is 0 Å². The second-order valence-electron chi connectivity index (χ2n) is 6.63. The Morgan fingerprint density at radius 1 is 1.00 bits per heavy atom. The molecular weight excluding hydrogens is 365 g/mol. The van der Waals surface area contributed by atoms with Crippen LogP contribution in [0.3, 0.4) is 0 Å². The molecule has 144 valence electrons. The Hall–Kier alpha value is -3.42. The second-order valence-corrected chi connectivity index (χ2v) is 6.63. The lowest BCUT2D eigenvalue weighted by molar-refractivity contribution is -0.122. The highest BCUT2D eigenvalue weighted by molar-refractivity contribution is 6.39. The zero-order valence-corrected chi connectivity index (χ0v) is 15.0. The van der Waals surface area contributed by atoms with E-state index in [0.29, 0.717) is 16.5 Å². The zero-order chi connectivity index (χ0) is 19.7. The fraction of sp³-hybridized carbons (Fsp3) is 0.250. The van der Waals surface area contributed by atoms with E-state index in [-0.39, 0.29) is 11.3 Å². The quantitative estimate of drug-likeness (QED) is 0.651. The van der Waals surface area contributed by atoms with Gasteiger partial charge in [0.2, 0.25) is 0 Å². The molecule has 2 aliphatic heterocycles. The van der Waals surface area contributed by atoms with Crippen LogP contribution in [0.15, 0.2) is 46.4 Å². The summed E-state index contributed by atoms with van der Waals surface area (Å²) in [6, 6.07) is 7.80. The molecule has 4 amide bonds. The molecular formula is C20H18FN3O4. The molecule has 0 spiro atoms. The van der Waals surface area contributed by atoms with E-state index in [2.05, 4.69) is 10.2 Å². The number of halogens is 1. The molecule has 0 unspecified atom stereocenters. The predicted molar refractivity (Wildman–Crippen MR) is 100 cm³/mol. The van der Waals surface area contributed by atoms with Crippen LogP contribution in [-0.4, -0.2) is 30.9 Å². The number of urea groups is 1. The Morgan fingerprint density at radius 2 is 1.75 bits per heavy atom. The molecule has 1 aromatic carbocycles. The van der Waals surface area contributed by atoms with Gasteiger partial charge >= 0.3 is 6.03 Å². The van der Waals surface area contributed by atoms with Crippen molar-refractivity contribution in [3.05, 3.63) is 53.5 Å². The van der Waals surface area contributed by atoms with Crippen molar-refractivity contribution in [2.45, 2.75) is 19.3 Å². The highest BCUT2D eigenvalue weighted by Crippen LogP contribution is 2.27. The zero-order valence-electron chi connectivity index (χ0n) is 15.0. The maximum Gasteiger partial charge on any atom is 0.336 e. The molecule has 1 aromatic heterocycles. The maximum absolute atomic E-state index is 14.1. The van der Waals surface area contributed by atoms with Crippen molar-refractivity contribution < 1.29 is 23.2 Å². The molecule has 0 atom stereocenters. The standard InChI is InChI=1S/C20H18FN3O4/c21-15-6-2-3-7-16(15)24-19(26)14(18(25)22-20(24)27)12-13-8-9-17(28-13)23-10-4-1-5-11-23/h2-3,6-9,12H,1,4-5,10-11H2,(H,22,25,27). The van der Waals surface area contributed by atoms with Crippen LogP contribution in [0.4, 0.5) is 20.8 Å². The number of piperidine rings is 1. The number of rotatable bonds is 3. The first-order valence-electron chi connectivity index (χ1n) is 9.05. The van der Waals surface area contributed by atoms with Gasteiger partial charge in [-0.1, -0.05) is 12.1 Å². The van der Waals surface area contributed by atoms with Gasteiger partial charge in [0.1, 0.15) is 17.2 Å². The Labute approximate surface area is 160 Å². The smallest absolute Gasteiger partial charge is 0.336 e. The first-order valence-corrected chi connectivity index (χ1v) is 9.05. The first-order chi connectivity index (χ1) is 13.5. The second kappa shape index (κ2) is 7.30. The molecule has 2 aromatic rings. The Morgan fingerprint density at radius 3 is 2.50 bits per heavy atom. The topological polar surface area (TPSA) is 82.9 Å². The van der Waals surface area contributed by atoms with Gasteiger partial charge in [-0.15, -0.1) is 0 Å². The molecule has 4 rings (SSSR count). The van der Waals surface area contributed by atoms with Crippen molar-refractivity contribution in [3.8, 4) is 0 Å². The molecule has 0 saturated carbocycles. The molecule has 2 fully saturated rings. The number of hydrogen-bond acceptors (Lipinski definition) is 5. The summed E-state index contributed by atoms with van der Waals surface area (Å²) in [5.41, 5.74) is -0.528. The van der Waals surface area contributed by atoms with Crippen LogP contribution in [0.25, 0.3) is 6.08 Å². The van der Waals surface area contributed by atoms with Crippen LogP contribution < -0.4 is 15.1 Å². The molecule has 2 aliphatic rings. The van der Waals surface area contributed by atoms with Gasteiger partial charge in [0.05, 0.1) is 5.69 Å². The van der Waals surface area contributed by atoms with E-state index in [1.807, 2.05) is 0 Å². The van der Waals surface area contributed by atoms with Gasteiger partial charge in [0, 0.05) is 19.2 Å². The van der Waals surface area contributed by atoms with Crippen molar-refractivity contribution in [3.63, 3.8) is 0 Å². The predicted octanol–water partition coefficient (Wildman–Crippen LogP) is 3.08. The molecule has 3 heterocycles. The summed E-state index contributed by atoms with van der Waals surface area (Å²) < 4.78 is 19.8. The number of benzene rings is 1. The summed E-state index contributed by atoms with van der Waals surface area (Å²) >= 11 is 0. The van der Waals surface area contributed by atoms with Crippen molar-refractivity contribution in [1.29, 1.82) is 0 Å². The lowest BCUT2D eigenvalue weighted by Gasteiger charge is -2.26. The molecule has 2 saturated heterocycles. The lowest BCUT2D eigenvalue weighted by Crippen LogP contribution is -2.54. The average molecular weight is 383 g/mol. The number of para-hydroxylation sites is 1. The van der Waals surface area contributed by atoms with E-state index in [4.69, 9.17) is 4.42 Å². The molecule has 28 heavy (non-hydrogen) atoms. The normalized spacial score (nSPS) is 19.3. The minimum Gasteiger partial charge on any atom is -0.441 e. The van der Waals surface area contributed by atoms with Crippen LogP contribution in [0.5, 0.6) is 0 Å². The highest BCUT2D eigenvalue weighted by atomic mass is 19.1. The van der Waals surface area contributed by atoms with Gasteiger partial charge in [-0.25, -0.2) is 14.1 Å². The number of carbonyl (C=O) groups excluding carboxylic acids is 3. The number of hydrogen-bond donors (Lipinski definition) is 1. The van der Waals surface area contributed by atoms with E-state index in [1.54, 1.807) is 12.1 Å². The lowest BCUT2D eigenvalue weighted by atomic mass is 10.1. The molecule has 7 nitrogen and oxygen atoms in total. The monoisotopic (exact) mass is 383 g/mol. The van der Waals surface area contributed by atoms with Gasteiger partial charge in [-0.3, -0.25) is 14.9 Å². The third kappa shape index (κ3) is 3.28. The fourth-order valence-electron chi connectivity index (χ4n) is 3.36. The Balaban J connectivity index is 1.64. The SMILES string of the molecule is O=C1NC(=O)N(c2ccccc2F)C(=O)C1=Cc1ccc(N2CCCCC2)o1. The van der Waals surface area contributed by atoms with Crippen LogP contribution in [0.2, 0.25) is 0 Å². The van der Waals surface area contributed by atoms with Crippen LogP contribution in [0, 0.1) is 5.82 Å². The fourth-order valence-corrected chi connectivity index (χ4v) is 3.36. The summed E-state index contributed by atoms with van der Waals surface area (Å²) in [5.74, 6) is -1.53.